The first-order chi connectivity index (χ1) is 23.4. The van der Waals surface area contributed by atoms with E-state index < -0.39 is 5.60 Å². The lowest BCUT2D eigenvalue weighted by Crippen LogP contribution is -2.34. The monoisotopic (exact) mass is 655 g/mol. The molecule has 3 aromatic carbocycles. The molecule has 0 radical (unpaired) electrons. The Labute approximate surface area is 280 Å². The Kier molecular flexibility index (Phi) is 21.6. The smallest absolute Gasteiger partial charge is 0.143 e. The Morgan fingerprint density at radius 2 is 0.553 bits per heavy atom. The molecule has 0 spiro atoms. The van der Waals surface area contributed by atoms with Crippen LogP contribution < -0.4 is 5.73 Å². The predicted octanol–water partition coefficient (Wildman–Crippen LogP) is 4.09. The van der Waals surface area contributed by atoms with Crippen molar-refractivity contribution in [2.24, 2.45) is 5.73 Å². The summed E-state index contributed by atoms with van der Waals surface area (Å²) >= 11 is 0. The van der Waals surface area contributed by atoms with Crippen molar-refractivity contribution in [3.05, 3.63) is 108 Å². The molecule has 47 heavy (non-hydrogen) atoms. The van der Waals surface area contributed by atoms with Gasteiger partial charge in [-0.2, -0.15) is 0 Å². The summed E-state index contributed by atoms with van der Waals surface area (Å²) in [5, 5.41) is 0. The molecule has 0 fully saturated rings. The molecule has 260 valence electrons. The summed E-state index contributed by atoms with van der Waals surface area (Å²) in [4.78, 5) is 0. The largest absolute Gasteiger partial charge is 0.378 e. The molecule has 0 aliphatic rings. The molecule has 0 bridgehead atoms. The van der Waals surface area contributed by atoms with Crippen molar-refractivity contribution in [2.75, 3.05) is 119 Å². The maximum atomic E-state index is 6.72. The van der Waals surface area contributed by atoms with Gasteiger partial charge in [0.1, 0.15) is 5.60 Å². The fourth-order valence-electron chi connectivity index (χ4n) is 4.75. The zero-order chi connectivity index (χ0) is 32.9. The molecule has 0 aliphatic carbocycles. The molecule has 0 saturated carbocycles. The minimum absolute atomic E-state index is 0.420. The Balaban J connectivity index is 1.16. The predicted molar refractivity (Wildman–Crippen MR) is 181 cm³/mol. The average Bonchev–Trinajstić information content (AvgIpc) is 3.12. The van der Waals surface area contributed by atoms with Crippen LogP contribution in [0.5, 0.6) is 0 Å². The zero-order valence-electron chi connectivity index (χ0n) is 27.6. The van der Waals surface area contributed by atoms with E-state index in [0.717, 1.165) is 16.7 Å². The van der Waals surface area contributed by atoms with Crippen molar-refractivity contribution in [3.8, 4) is 0 Å². The van der Waals surface area contributed by atoms with Crippen LogP contribution in [0.4, 0.5) is 0 Å². The summed E-state index contributed by atoms with van der Waals surface area (Å²) in [6.45, 7) is 9.13. The summed E-state index contributed by atoms with van der Waals surface area (Å²) in [5.74, 6) is 0. The van der Waals surface area contributed by atoms with E-state index in [9.17, 15) is 0 Å². The van der Waals surface area contributed by atoms with E-state index in [1.165, 1.54) is 0 Å². The van der Waals surface area contributed by atoms with Crippen LogP contribution in [0.1, 0.15) is 16.7 Å². The molecule has 10 nitrogen and oxygen atoms in total. The second-order valence-electron chi connectivity index (χ2n) is 10.3. The molecule has 0 aliphatic heterocycles. The highest BCUT2D eigenvalue weighted by molar-refractivity contribution is 5.47. The van der Waals surface area contributed by atoms with Crippen molar-refractivity contribution in [2.45, 2.75) is 5.60 Å². The highest BCUT2D eigenvalue weighted by atomic mass is 16.6. The van der Waals surface area contributed by atoms with Gasteiger partial charge in [-0.25, -0.2) is 0 Å². The average molecular weight is 656 g/mol. The van der Waals surface area contributed by atoms with Gasteiger partial charge in [0.15, 0.2) is 0 Å². The lowest BCUT2D eigenvalue weighted by atomic mass is 9.80. The van der Waals surface area contributed by atoms with Crippen LogP contribution in [-0.2, 0) is 48.2 Å². The Hall–Kier alpha value is -2.74. The third-order valence-corrected chi connectivity index (χ3v) is 6.95. The van der Waals surface area contributed by atoms with Gasteiger partial charge in [-0.15, -0.1) is 0 Å². The van der Waals surface area contributed by atoms with Gasteiger partial charge in [0.25, 0.3) is 0 Å². The minimum atomic E-state index is -0.746. The summed E-state index contributed by atoms with van der Waals surface area (Å²) in [6, 6.07) is 31.0. The molecule has 0 saturated heterocycles. The number of hydrogen-bond acceptors (Lipinski definition) is 10. The molecule has 2 N–H and O–H groups in total. The number of nitrogens with two attached hydrogens (primary N) is 1. The van der Waals surface area contributed by atoms with Gasteiger partial charge < -0.3 is 48.4 Å². The third-order valence-electron chi connectivity index (χ3n) is 6.95. The minimum Gasteiger partial charge on any atom is -0.378 e. The van der Waals surface area contributed by atoms with Gasteiger partial charge in [0.2, 0.25) is 0 Å². The van der Waals surface area contributed by atoms with Gasteiger partial charge in [-0.1, -0.05) is 91.0 Å². The van der Waals surface area contributed by atoms with E-state index in [1.807, 2.05) is 54.6 Å². The van der Waals surface area contributed by atoms with E-state index in [2.05, 4.69) is 36.4 Å². The van der Waals surface area contributed by atoms with Crippen LogP contribution in [0, 0.1) is 0 Å². The van der Waals surface area contributed by atoms with Gasteiger partial charge in [-0.3, -0.25) is 0 Å². The Bertz CT molecular complexity index is 1010. The Morgan fingerprint density at radius 1 is 0.319 bits per heavy atom. The number of rotatable bonds is 30. The lowest BCUT2D eigenvalue weighted by molar-refractivity contribution is -0.0398. The quantitative estimate of drug-likeness (QED) is 0.0834. The first kappa shape index (κ1) is 38.7. The fourth-order valence-corrected chi connectivity index (χ4v) is 4.75. The highest BCUT2D eigenvalue weighted by Gasteiger charge is 2.37. The van der Waals surface area contributed by atoms with Crippen molar-refractivity contribution in [1.29, 1.82) is 0 Å². The van der Waals surface area contributed by atoms with Gasteiger partial charge >= 0.3 is 0 Å². The maximum Gasteiger partial charge on any atom is 0.143 e. The van der Waals surface area contributed by atoms with Gasteiger partial charge in [-0.05, 0) is 16.7 Å². The standard InChI is InChI=1S/C37H53NO9/c38-16-17-39-18-19-40-20-21-41-22-23-42-24-25-43-26-27-44-28-29-45-30-31-46-32-33-47-37(34-10-4-1-5-11-34,35-12-6-2-7-13-35)36-14-8-3-9-15-36/h1-15H,16-33,38H2. The number of ether oxygens (including phenoxy) is 9. The van der Waals surface area contributed by atoms with Crippen molar-refractivity contribution < 1.29 is 42.6 Å². The Morgan fingerprint density at radius 3 is 0.809 bits per heavy atom. The summed E-state index contributed by atoms with van der Waals surface area (Å²) in [5.41, 5.74) is 7.81. The topological polar surface area (TPSA) is 109 Å². The highest BCUT2D eigenvalue weighted by Crippen LogP contribution is 2.40. The molecular formula is C37H53NO9. The summed E-state index contributed by atoms with van der Waals surface area (Å²) in [7, 11) is 0. The van der Waals surface area contributed by atoms with E-state index in [4.69, 9.17) is 48.4 Å². The maximum absolute atomic E-state index is 6.72. The molecule has 0 atom stereocenters. The first-order valence-corrected chi connectivity index (χ1v) is 16.5. The number of hydrogen-bond donors (Lipinski definition) is 1. The first-order valence-electron chi connectivity index (χ1n) is 16.5. The SMILES string of the molecule is NCCOCCOCCOCCOCCOCCOCCOCCOCCOC(c1ccccc1)(c1ccccc1)c1ccccc1. The normalized spacial score (nSPS) is 11.7. The number of benzene rings is 3. The van der Waals surface area contributed by atoms with Crippen molar-refractivity contribution in [1.82, 2.24) is 0 Å². The molecule has 0 heterocycles. The zero-order valence-corrected chi connectivity index (χ0v) is 27.6. The molecule has 3 aromatic rings. The van der Waals surface area contributed by atoms with Crippen molar-refractivity contribution in [3.63, 3.8) is 0 Å². The van der Waals surface area contributed by atoms with Crippen LogP contribution in [-0.4, -0.2) is 119 Å². The second-order valence-corrected chi connectivity index (χ2v) is 10.3. The summed E-state index contributed by atoms with van der Waals surface area (Å²) < 4.78 is 50.8. The van der Waals surface area contributed by atoms with Crippen LogP contribution in [0.15, 0.2) is 91.0 Å². The molecule has 0 aromatic heterocycles. The van der Waals surface area contributed by atoms with E-state index in [-0.39, 0.29) is 0 Å². The molecule has 0 amide bonds. The molecule has 10 heteroatoms. The van der Waals surface area contributed by atoms with Gasteiger partial charge in [0, 0.05) is 6.54 Å². The van der Waals surface area contributed by atoms with Crippen LogP contribution in [0.2, 0.25) is 0 Å². The molecular weight excluding hydrogens is 602 g/mol. The summed E-state index contributed by atoms with van der Waals surface area (Å²) in [6.07, 6.45) is 0. The molecule has 3 rings (SSSR count). The van der Waals surface area contributed by atoms with E-state index in [1.54, 1.807) is 0 Å². The van der Waals surface area contributed by atoms with Crippen LogP contribution in [0.25, 0.3) is 0 Å². The van der Waals surface area contributed by atoms with Crippen LogP contribution in [0.3, 0.4) is 0 Å². The molecule has 0 unspecified atom stereocenters. The fraction of sp³-hybridized carbons (Fsp3) is 0.514. The van der Waals surface area contributed by atoms with Crippen LogP contribution >= 0.6 is 0 Å². The van der Waals surface area contributed by atoms with E-state index in [0.29, 0.717) is 119 Å². The lowest BCUT2D eigenvalue weighted by Gasteiger charge is -2.36. The van der Waals surface area contributed by atoms with Crippen molar-refractivity contribution >= 4 is 0 Å². The van der Waals surface area contributed by atoms with Gasteiger partial charge in [0.05, 0.1) is 112 Å². The third kappa shape index (κ3) is 15.8. The van der Waals surface area contributed by atoms with E-state index >= 15 is 0 Å². The second kappa shape index (κ2) is 26.2.